The second kappa shape index (κ2) is 8.25. The van der Waals surface area contributed by atoms with Crippen LogP contribution in [-0.4, -0.2) is 51.3 Å². The van der Waals surface area contributed by atoms with E-state index in [9.17, 15) is 0 Å². The Balaban J connectivity index is 1.72. The van der Waals surface area contributed by atoms with Gasteiger partial charge in [0.2, 0.25) is 0 Å². The average Bonchev–Trinajstić information content (AvgIpc) is 2.55. The highest BCUT2D eigenvalue weighted by Gasteiger charge is 2.23. The number of ether oxygens (including phenoxy) is 2. The van der Waals surface area contributed by atoms with Gasteiger partial charge in [-0.1, -0.05) is 0 Å². The molecule has 0 bridgehead atoms. The van der Waals surface area contributed by atoms with Crippen molar-refractivity contribution >= 4 is 0 Å². The molecule has 1 aromatic rings. The number of methoxy groups -OCH3 is 1. The third-order valence-electron chi connectivity index (χ3n) is 4.44. The van der Waals surface area contributed by atoms with Crippen molar-refractivity contribution in [1.82, 2.24) is 10.2 Å². The minimum Gasteiger partial charge on any atom is -0.497 e. The van der Waals surface area contributed by atoms with Crippen LogP contribution < -0.4 is 14.8 Å². The number of nitrogens with zero attached hydrogens (tertiary/aromatic N) is 1. The van der Waals surface area contributed by atoms with Gasteiger partial charge in [0, 0.05) is 19.1 Å². The van der Waals surface area contributed by atoms with Crippen LogP contribution in [-0.2, 0) is 0 Å². The second-order valence-corrected chi connectivity index (χ2v) is 5.80. The highest BCUT2D eigenvalue weighted by atomic mass is 16.5. The molecule has 0 radical (unpaired) electrons. The van der Waals surface area contributed by atoms with Gasteiger partial charge in [0.25, 0.3) is 0 Å². The molecule has 2 rings (SSSR count). The Labute approximate surface area is 128 Å². The second-order valence-electron chi connectivity index (χ2n) is 5.80. The Kier molecular flexibility index (Phi) is 6.33. The van der Waals surface area contributed by atoms with Crippen molar-refractivity contribution < 1.29 is 9.47 Å². The van der Waals surface area contributed by atoms with Crippen LogP contribution in [0.1, 0.15) is 19.8 Å². The molecule has 4 heteroatoms. The van der Waals surface area contributed by atoms with E-state index in [-0.39, 0.29) is 0 Å². The van der Waals surface area contributed by atoms with E-state index in [2.05, 4.69) is 24.2 Å². The Morgan fingerprint density at radius 2 is 2.00 bits per heavy atom. The maximum atomic E-state index is 5.82. The predicted octanol–water partition coefficient (Wildman–Crippen LogP) is 2.39. The Hall–Kier alpha value is -1.26. The van der Waals surface area contributed by atoms with Gasteiger partial charge in [-0.2, -0.15) is 0 Å². The van der Waals surface area contributed by atoms with Crippen LogP contribution in [0.5, 0.6) is 11.5 Å². The lowest BCUT2D eigenvalue weighted by atomic mass is 9.92. The van der Waals surface area contributed by atoms with Gasteiger partial charge in [0.15, 0.2) is 0 Å². The van der Waals surface area contributed by atoms with Crippen molar-refractivity contribution in [2.45, 2.75) is 25.8 Å². The first-order chi connectivity index (χ1) is 10.2. The summed E-state index contributed by atoms with van der Waals surface area (Å²) in [6, 6.07) is 8.37. The third-order valence-corrected chi connectivity index (χ3v) is 4.44. The van der Waals surface area contributed by atoms with Gasteiger partial charge in [-0.05, 0) is 63.5 Å². The molecule has 118 valence electrons. The largest absolute Gasteiger partial charge is 0.497 e. The van der Waals surface area contributed by atoms with E-state index >= 15 is 0 Å². The van der Waals surface area contributed by atoms with Crippen LogP contribution in [0.2, 0.25) is 0 Å². The Morgan fingerprint density at radius 3 is 2.67 bits per heavy atom. The summed E-state index contributed by atoms with van der Waals surface area (Å²) in [5.41, 5.74) is 0. The number of benzene rings is 1. The quantitative estimate of drug-likeness (QED) is 0.837. The number of hydrogen-bond donors (Lipinski definition) is 1. The van der Waals surface area contributed by atoms with E-state index < -0.39 is 0 Å². The molecule has 1 saturated heterocycles. The summed E-state index contributed by atoms with van der Waals surface area (Å²) in [6.45, 7) is 6.39. The van der Waals surface area contributed by atoms with E-state index in [0.717, 1.165) is 30.6 Å². The first-order valence-electron chi connectivity index (χ1n) is 7.89. The SMILES string of the molecule is CNC(C)C1CCCN(CCOc2ccc(OC)cc2)C1. The molecule has 1 aromatic carbocycles. The van der Waals surface area contributed by atoms with Gasteiger partial charge in [-0.3, -0.25) is 4.90 Å². The summed E-state index contributed by atoms with van der Waals surface area (Å²) in [5.74, 6) is 2.53. The molecule has 1 N–H and O–H groups in total. The molecule has 21 heavy (non-hydrogen) atoms. The van der Waals surface area contributed by atoms with E-state index in [0.29, 0.717) is 6.04 Å². The lowest BCUT2D eigenvalue weighted by Crippen LogP contribution is -2.44. The van der Waals surface area contributed by atoms with E-state index in [1.807, 2.05) is 24.3 Å². The fraction of sp³-hybridized carbons (Fsp3) is 0.647. The minimum atomic E-state index is 0.593. The normalized spacial score (nSPS) is 21.0. The molecule has 2 atom stereocenters. The van der Waals surface area contributed by atoms with Crippen molar-refractivity contribution in [2.75, 3.05) is 40.4 Å². The molecule has 4 nitrogen and oxygen atoms in total. The van der Waals surface area contributed by atoms with Crippen LogP contribution in [0.25, 0.3) is 0 Å². The molecule has 1 heterocycles. The van der Waals surface area contributed by atoms with Gasteiger partial charge < -0.3 is 14.8 Å². The van der Waals surface area contributed by atoms with Crippen LogP contribution in [0.3, 0.4) is 0 Å². The van der Waals surface area contributed by atoms with Gasteiger partial charge in [-0.25, -0.2) is 0 Å². The lowest BCUT2D eigenvalue weighted by molar-refractivity contribution is 0.132. The molecule has 0 amide bonds. The molecule has 0 spiro atoms. The predicted molar refractivity (Wildman–Crippen MR) is 86.2 cm³/mol. The zero-order chi connectivity index (χ0) is 15.1. The van der Waals surface area contributed by atoms with Gasteiger partial charge in [-0.15, -0.1) is 0 Å². The maximum Gasteiger partial charge on any atom is 0.119 e. The smallest absolute Gasteiger partial charge is 0.119 e. The van der Waals surface area contributed by atoms with Crippen molar-refractivity contribution in [1.29, 1.82) is 0 Å². The molecular weight excluding hydrogens is 264 g/mol. The summed E-state index contributed by atoms with van der Waals surface area (Å²) in [5, 5.41) is 3.38. The van der Waals surface area contributed by atoms with Crippen molar-refractivity contribution in [3.05, 3.63) is 24.3 Å². The van der Waals surface area contributed by atoms with Crippen LogP contribution in [0.4, 0.5) is 0 Å². The van der Waals surface area contributed by atoms with Gasteiger partial charge in [0.1, 0.15) is 18.1 Å². The van der Waals surface area contributed by atoms with Crippen molar-refractivity contribution in [2.24, 2.45) is 5.92 Å². The molecule has 0 aromatic heterocycles. The zero-order valence-electron chi connectivity index (χ0n) is 13.5. The van der Waals surface area contributed by atoms with E-state index in [4.69, 9.17) is 9.47 Å². The summed E-state index contributed by atoms with van der Waals surface area (Å²) >= 11 is 0. The minimum absolute atomic E-state index is 0.593. The number of likely N-dealkylation sites (tertiary alicyclic amines) is 1. The molecule has 1 aliphatic heterocycles. The molecule has 0 saturated carbocycles. The monoisotopic (exact) mass is 292 g/mol. The van der Waals surface area contributed by atoms with Gasteiger partial charge in [0.05, 0.1) is 7.11 Å². The van der Waals surface area contributed by atoms with Crippen LogP contribution in [0.15, 0.2) is 24.3 Å². The van der Waals surface area contributed by atoms with Crippen LogP contribution >= 0.6 is 0 Å². The fourth-order valence-corrected chi connectivity index (χ4v) is 2.90. The number of hydrogen-bond acceptors (Lipinski definition) is 4. The maximum absolute atomic E-state index is 5.82. The first-order valence-corrected chi connectivity index (χ1v) is 7.89. The zero-order valence-corrected chi connectivity index (χ0v) is 13.5. The molecular formula is C17H28N2O2. The van der Waals surface area contributed by atoms with Gasteiger partial charge >= 0.3 is 0 Å². The number of rotatable bonds is 7. The lowest BCUT2D eigenvalue weighted by Gasteiger charge is -2.35. The van der Waals surface area contributed by atoms with Crippen molar-refractivity contribution in [3.8, 4) is 11.5 Å². The van der Waals surface area contributed by atoms with Crippen LogP contribution in [0, 0.1) is 5.92 Å². The fourth-order valence-electron chi connectivity index (χ4n) is 2.90. The molecule has 2 unspecified atom stereocenters. The Morgan fingerprint density at radius 1 is 1.29 bits per heavy atom. The molecule has 1 fully saturated rings. The Bertz CT molecular complexity index is 408. The van der Waals surface area contributed by atoms with Crippen molar-refractivity contribution in [3.63, 3.8) is 0 Å². The molecule has 0 aliphatic carbocycles. The summed E-state index contributed by atoms with van der Waals surface area (Å²) in [7, 11) is 3.73. The number of nitrogens with one attached hydrogen (secondary N) is 1. The highest BCUT2D eigenvalue weighted by molar-refractivity contribution is 5.31. The summed E-state index contributed by atoms with van der Waals surface area (Å²) in [4.78, 5) is 2.52. The molecule has 1 aliphatic rings. The standard InChI is InChI=1S/C17H28N2O2/c1-14(18-2)15-5-4-10-19(13-15)11-12-21-17-8-6-16(20-3)7-9-17/h6-9,14-15,18H,4-5,10-13H2,1-3H3. The highest BCUT2D eigenvalue weighted by Crippen LogP contribution is 2.20. The first kappa shape index (κ1) is 16.1. The summed E-state index contributed by atoms with van der Waals surface area (Å²) in [6.07, 6.45) is 2.62. The average molecular weight is 292 g/mol. The van der Waals surface area contributed by atoms with E-state index in [1.165, 1.54) is 25.9 Å². The van der Waals surface area contributed by atoms with E-state index in [1.54, 1.807) is 7.11 Å². The topological polar surface area (TPSA) is 33.7 Å². The summed E-state index contributed by atoms with van der Waals surface area (Å²) < 4.78 is 11.0. The third kappa shape index (κ3) is 4.90. The number of piperidine rings is 1.